The maximum atomic E-state index is 11.6. The smallest absolute Gasteiger partial charge is 0.308 e. The summed E-state index contributed by atoms with van der Waals surface area (Å²) in [5.74, 6) is 1.64. The van der Waals surface area contributed by atoms with Crippen molar-refractivity contribution in [3.05, 3.63) is 29.8 Å². The maximum Gasteiger partial charge on any atom is 0.308 e. The van der Waals surface area contributed by atoms with Crippen molar-refractivity contribution in [3.8, 4) is 5.75 Å². The van der Waals surface area contributed by atoms with Gasteiger partial charge in [0.2, 0.25) is 0 Å². The number of ether oxygens (including phenoxy) is 2. The molecule has 1 saturated carbocycles. The molecule has 174 valence electrons. The summed E-state index contributed by atoms with van der Waals surface area (Å²) in [6.07, 6.45) is 9.34. The fourth-order valence-corrected chi connectivity index (χ4v) is 4.85. The van der Waals surface area contributed by atoms with E-state index in [0.29, 0.717) is 6.54 Å². The van der Waals surface area contributed by atoms with Gasteiger partial charge >= 0.3 is 5.97 Å². The molecule has 3 rings (SSSR count). The highest BCUT2D eigenvalue weighted by Crippen LogP contribution is 2.28. The Morgan fingerprint density at radius 3 is 2.74 bits per heavy atom. The van der Waals surface area contributed by atoms with Gasteiger partial charge in [0.05, 0.1) is 13.0 Å². The van der Waals surface area contributed by atoms with Crippen LogP contribution in [0.4, 0.5) is 0 Å². The van der Waals surface area contributed by atoms with Crippen LogP contribution in [0, 0.1) is 11.8 Å². The quantitative estimate of drug-likeness (QED) is 0.390. The number of carbonyl (C=O) groups excluding carboxylic acids is 1. The van der Waals surface area contributed by atoms with E-state index in [1.165, 1.54) is 51.2 Å². The minimum atomic E-state index is -0.549. The topological polar surface area (TPSA) is 71.0 Å². The number of carbonyl (C=O) groups is 1. The third kappa shape index (κ3) is 8.43. The van der Waals surface area contributed by atoms with Crippen LogP contribution in [-0.4, -0.2) is 62.0 Å². The molecule has 6 nitrogen and oxygen atoms in total. The molecule has 2 aliphatic rings. The lowest BCUT2D eigenvalue weighted by Gasteiger charge is -2.31. The standard InChI is InChI=1S/C25H40N2O4/c1-30-25(29)22-11-14-27(15-12-22)18-23(28)19-31-24-10-4-8-21(16-24)17-26-13-5-9-20-6-2-3-7-20/h4,8,10,16,20,22-23,26,28H,2-3,5-7,9,11-15,17-19H2,1H3. The molecular weight excluding hydrogens is 392 g/mol. The highest BCUT2D eigenvalue weighted by Gasteiger charge is 2.26. The Balaban J connectivity index is 1.29. The number of aliphatic hydroxyl groups excluding tert-OH is 1. The van der Waals surface area contributed by atoms with Crippen LogP contribution >= 0.6 is 0 Å². The first kappa shape index (κ1) is 24.0. The van der Waals surface area contributed by atoms with Crippen LogP contribution in [-0.2, 0) is 16.1 Å². The number of benzene rings is 1. The van der Waals surface area contributed by atoms with Crippen molar-refractivity contribution in [1.82, 2.24) is 10.2 Å². The molecule has 0 bridgehead atoms. The van der Waals surface area contributed by atoms with Crippen LogP contribution in [0.3, 0.4) is 0 Å². The fraction of sp³-hybridized carbons (Fsp3) is 0.720. The Morgan fingerprint density at radius 2 is 2.00 bits per heavy atom. The number of hydrogen-bond acceptors (Lipinski definition) is 6. The number of rotatable bonds is 12. The van der Waals surface area contributed by atoms with Gasteiger partial charge in [0.15, 0.2) is 0 Å². The van der Waals surface area contributed by atoms with Gasteiger partial charge in [-0.1, -0.05) is 37.8 Å². The zero-order chi connectivity index (χ0) is 21.9. The molecule has 0 aromatic heterocycles. The van der Waals surface area contributed by atoms with Gasteiger partial charge in [-0.25, -0.2) is 0 Å². The van der Waals surface area contributed by atoms with Crippen molar-refractivity contribution in [1.29, 1.82) is 0 Å². The number of esters is 1. The molecule has 6 heteroatoms. The van der Waals surface area contributed by atoms with Crippen molar-refractivity contribution in [3.63, 3.8) is 0 Å². The number of aliphatic hydroxyl groups is 1. The molecule has 1 heterocycles. The van der Waals surface area contributed by atoms with Gasteiger partial charge in [-0.05, 0) is 68.9 Å². The van der Waals surface area contributed by atoms with Crippen LogP contribution in [0.1, 0.15) is 56.9 Å². The second kappa shape index (κ2) is 13.0. The second-order valence-electron chi connectivity index (χ2n) is 9.18. The summed E-state index contributed by atoms with van der Waals surface area (Å²) in [5, 5.41) is 13.9. The Hall–Kier alpha value is -1.63. The van der Waals surface area contributed by atoms with Crippen LogP contribution in [0.25, 0.3) is 0 Å². The number of piperidine rings is 1. The van der Waals surface area contributed by atoms with E-state index < -0.39 is 6.10 Å². The monoisotopic (exact) mass is 432 g/mol. The minimum absolute atomic E-state index is 0.00583. The summed E-state index contributed by atoms with van der Waals surface area (Å²) in [6, 6.07) is 8.12. The van der Waals surface area contributed by atoms with Crippen molar-refractivity contribution < 1.29 is 19.4 Å². The van der Waals surface area contributed by atoms with Crippen LogP contribution < -0.4 is 10.1 Å². The second-order valence-corrected chi connectivity index (χ2v) is 9.18. The number of likely N-dealkylation sites (tertiary alicyclic amines) is 1. The molecule has 1 atom stereocenters. The average molecular weight is 433 g/mol. The van der Waals surface area contributed by atoms with Crippen molar-refractivity contribution in [2.45, 2.75) is 64.0 Å². The Kier molecular flexibility index (Phi) is 10.1. The molecule has 1 unspecified atom stereocenters. The average Bonchev–Trinajstić information content (AvgIpc) is 3.31. The molecular formula is C25H40N2O4. The van der Waals surface area contributed by atoms with Gasteiger partial charge in [-0.15, -0.1) is 0 Å². The molecule has 2 fully saturated rings. The Bertz CT molecular complexity index is 655. The van der Waals surface area contributed by atoms with E-state index in [9.17, 15) is 9.90 Å². The third-order valence-electron chi connectivity index (χ3n) is 6.70. The van der Waals surface area contributed by atoms with Crippen LogP contribution in [0.2, 0.25) is 0 Å². The first-order valence-corrected chi connectivity index (χ1v) is 12.0. The Labute approximate surface area is 187 Å². The van der Waals surface area contributed by atoms with E-state index in [4.69, 9.17) is 9.47 Å². The van der Waals surface area contributed by atoms with Gasteiger partial charge in [0.1, 0.15) is 18.5 Å². The molecule has 0 spiro atoms. The third-order valence-corrected chi connectivity index (χ3v) is 6.70. The molecule has 1 aliphatic carbocycles. The molecule has 0 radical (unpaired) electrons. The van der Waals surface area contributed by atoms with E-state index in [0.717, 1.165) is 50.7 Å². The van der Waals surface area contributed by atoms with Crippen LogP contribution in [0.5, 0.6) is 5.75 Å². The number of nitrogens with zero attached hydrogens (tertiary/aromatic N) is 1. The minimum Gasteiger partial charge on any atom is -0.491 e. The zero-order valence-corrected chi connectivity index (χ0v) is 19.1. The predicted molar refractivity (Wildman–Crippen MR) is 122 cm³/mol. The van der Waals surface area contributed by atoms with Crippen molar-refractivity contribution >= 4 is 5.97 Å². The SMILES string of the molecule is COC(=O)C1CCN(CC(O)COc2cccc(CNCCCC3CCCC3)c2)CC1. The van der Waals surface area contributed by atoms with E-state index in [1.54, 1.807) is 0 Å². The lowest BCUT2D eigenvalue weighted by molar-refractivity contribution is -0.147. The van der Waals surface area contributed by atoms with E-state index in [-0.39, 0.29) is 18.5 Å². The van der Waals surface area contributed by atoms with Gasteiger partial charge in [0, 0.05) is 13.1 Å². The maximum absolute atomic E-state index is 11.6. The fourth-order valence-electron chi connectivity index (χ4n) is 4.85. The first-order valence-electron chi connectivity index (χ1n) is 12.0. The molecule has 0 amide bonds. The summed E-state index contributed by atoms with van der Waals surface area (Å²) >= 11 is 0. The van der Waals surface area contributed by atoms with Crippen molar-refractivity contribution in [2.75, 3.05) is 39.9 Å². The van der Waals surface area contributed by atoms with Gasteiger partial charge in [-0.3, -0.25) is 4.79 Å². The number of hydrogen-bond donors (Lipinski definition) is 2. The largest absolute Gasteiger partial charge is 0.491 e. The van der Waals surface area contributed by atoms with Crippen LogP contribution in [0.15, 0.2) is 24.3 Å². The summed E-state index contributed by atoms with van der Waals surface area (Å²) in [5.41, 5.74) is 1.21. The molecule has 1 aromatic carbocycles. The molecule has 1 aliphatic heterocycles. The summed E-state index contributed by atoms with van der Waals surface area (Å²) in [6.45, 7) is 4.36. The van der Waals surface area contributed by atoms with Gasteiger partial charge in [0.25, 0.3) is 0 Å². The summed E-state index contributed by atoms with van der Waals surface area (Å²) in [4.78, 5) is 13.8. The summed E-state index contributed by atoms with van der Waals surface area (Å²) in [7, 11) is 1.44. The number of β-amino-alcohol motifs (C(OH)–C–C–N with tert-alkyl or cyclic N) is 1. The highest BCUT2D eigenvalue weighted by atomic mass is 16.5. The Morgan fingerprint density at radius 1 is 1.23 bits per heavy atom. The number of nitrogens with one attached hydrogen (secondary N) is 1. The highest BCUT2D eigenvalue weighted by molar-refractivity contribution is 5.72. The molecule has 1 aromatic rings. The zero-order valence-electron chi connectivity index (χ0n) is 19.1. The van der Waals surface area contributed by atoms with E-state index in [2.05, 4.69) is 22.3 Å². The summed E-state index contributed by atoms with van der Waals surface area (Å²) < 4.78 is 10.7. The molecule has 2 N–H and O–H groups in total. The van der Waals surface area contributed by atoms with E-state index >= 15 is 0 Å². The van der Waals surface area contributed by atoms with Gasteiger partial charge in [-0.2, -0.15) is 0 Å². The lowest BCUT2D eigenvalue weighted by atomic mass is 9.97. The number of methoxy groups -OCH3 is 1. The normalized spacial score (nSPS) is 19.4. The van der Waals surface area contributed by atoms with Crippen molar-refractivity contribution in [2.24, 2.45) is 11.8 Å². The van der Waals surface area contributed by atoms with Gasteiger partial charge < -0.3 is 24.8 Å². The first-order chi connectivity index (χ1) is 15.1. The van der Waals surface area contributed by atoms with E-state index in [1.807, 2.05) is 12.1 Å². The molecule has 31 heavy (non-hydrogen) atoms. The molecule has 1 saturated heterocycles. The predicted octanol–water partition coefficient (Wildman–Crippen LogP) is 3.37. The lowest BCUT2D eigenvalue weighted by Crippen LogP contribution is -2.42.